The average Bonchev–Trinajstić information content (AvgIpc) is 2.81. The van der Waals surface area contributed by atoms with Crippen LogP contribution in [0.3, 0.4) is 0 Å². The lowest BCUT2D eigenvalue weighted by molar-refractivity contribution is -0.143. The highest BCUT2D eigenvalue weighted by atomic mass is 16.5. The number of anilines is 1. The van der Waals surface area contributed by atoms with Crippen molar-refractivity contribution >= 4 is 23.7 Å². The van der Waals surface area contributed by atoms with E-state index in [1.807, 2.05) is 30.3 Å². The zero-order chi connectivity index (χ0) is 22.5. The molecule has 0 unspecified atom stereocenters. The van der Waals surface area contributed by atoms with Crippen molar-refractivity contribution in [2.45, 2.75) is 31.9 Å². The van der Waals surface area contributed by atoms with E-state index in [0.29, 0.717) is 31.4 Å². The van der Waals surface area contributed by atoms with Gasteiger partial charge in [-0.05, 0) is 49.1 Å². The Morgan fingerprint density at radius 1 is 0.968 bits per heavy atom. The van der Waals surface area contributed by atoms with Crippen molar-refractivity contribution in [2.75, 3.05) is 26.0 Å². The first-order valence-corrected chi connectivity index (χ1v) is 10.1. The predicted octanol–water partition coefficient (Wildman–Crippen LogP) is 3.10. The summed E-state index contributed by atoms with van der Waals surface area (Å²) in [5.41, 5.74) is 2.25. The van der Waals surface area contributed by atoms with Gasteiger partial charge < -0.3 is 25.4 Å². The number of hydrogen-bond acceptors (Lipinski definition) is 6. The van der Waals surface area contributed by atoms with Crippen molar-refractivity contribution in [3.63, 3.8) is 0 Å². The zero-order valence-electron chi connectivity index (χ0n) is 17.9. The number of methoxy groups -OCH3 is 1. The Morgan fingerprint density at radius 2 is 1.68 bits per heavy atom. The minimum Gasteiger partial charge on any atom is -0.467 e. The molecule has 0 saturated carbocycles. The van der Waals surface area contributed by atoms with E-state index in [2.05, 4.69) is 16.0 Å². The molecule has 0 aliphatic heterocycles. The number of amides is 2. The summed E-state index contributed by atoms with van der Waals surface area (Å²) >= 11 is 0. The highest BCUT2D eigenvalue weighted by molar-refractivity contribution is 5.97. The van der Waals surface area contributed by atoms with Gasteiger partial charge in [0.05, 0.1) is 7.11 Å². The third-order valence-corrected chi connectivity index (χ3v) is 4.63. The first kappa shape index (κ1) is 23.7. The van der Waals surface area contributed by atoms with Crippen LogP contribution in [0.5, 0.6) is 0 Å². The van der Waals surface area contributed by atoms with Crippen LogP contribution in [0.2, 0.25) is 0 Å². The highest BCUT2D eigenvalue weighted by Gasteiger charge is 2.21. The van der Waals surface area contributed by atoms with E-state index < -0.39 is 18.1 Å². The number of nitrogens with one attached hydrogen (secondary N) is 3. The molecular weight excluding hydrogens is 398 g/mol. The molecule has 3 N–H and O–H groups in total. The molecule has 0 saturated heterocycles. The van der Waals surface area contributed by atoms with E-state index >= 15 is 0 Å². The molecule has 0 fully saturated rings. The normalized spacial score (nSPS) is 11.2. The quantitative estimate of drug-likeness (QED) is 0.376. The van der Waals surface area contributed by atoms with E-state index in [1.54, 1.807) is 31.3 Å². The van der Waals surface area contributed by atoms with Gasteiger partial charge >= 0.3 is 12.1 Å². The lowest BCUT2D eigenvalue weighted by Gasteiger charge is -2.16. The minimum absolute atomic E-state index is 0.207. The first-order valence-electron chi connectivity index (χ1n) is 10.1. The van der Waals surface area contributed by atoms with Gasteiger partial charge in [0.25, 0.3) is 5.91 Å². The van der Waals surface area contributed by atoms with Crippen LogP contribution in [0.25, 0.3) is 0 Å². The van der Waals surface area contributed by atoms with Gasteiger partial charge in [0, 0.05) is 24.8 Å². The predicted molar refractivity (Wildman–Crippen MR) is 118 cm³/mol. The van der Waals surface area contributed by atoms with Crippen molar-refractivity contribution < 1.29 is 23.9 Å². The number of unbranched alkanes of at least 4 members (excludes halogenated alkanes) is 1. The zero-order valence-corrected chi connectivity index (χ0v) is 17.9. The summed E-state index contributed by atoms with van der Waals surface area (Å²) in [5, 5.41) is 8.37. The maximum absolute atomic E-state index is 12.4. The molecule has 0 bridgehead atoms. The van der Waals surface area contributed by atoms with Gasteiger partial charge in [-0.2, -0.15) is 0 Å². The van der Waals surface area contributed by atoms with Crippen LogP contribution >= 0.6 is 0 Å². The van der Waals surface area contributed by atoms with Crippen molar-refractivity contribution in [1.82, 2.24) is 10.6 Å². The smallest absolute Gasteiger partial charge is 0.407 e. The third-order valence-electron chi connectivity index (χ3n) is 4.63. The summed E-state index contributed by atoms with van der Waals surface area (Å²) < 4.78 is 9.95. The summed E-state index contributed by atoms with van der Waals surface area (Å²) in [6.07, 6.45) is 1.14. The molecule has 2 aromatic rings. The third kappa shape index (κ3) is 8.38. The van der Waals surface area contributed by atoms with Crippen LogP contribution in [0, 0.1) is 0 Å². The fraction of sp³-hybridized carbons (Fsp3) is 0.348. The molecule has 166 valence electrons. The van der Waals surface area contributed by atoms with Crippen LogP contribution in [0.4, 0.5) is 10.5 Å². The van der Waals surface area contributed by atoms with E-state index in [0.717, 1.165) is 11.3 Å². The van der Waals surface area contributed by atoms with Crippen molar-refractivity contribution in [3.8, 4) is 0 Å². The molecule has 0 aliphatic rings. The molecule has 0 spiro atoms. The number of ether oxygens (including phenoxy) is 2. The van der Waals surface area contributed by atoms with Gasteiger partial charge in [0.1, 0.15) is 12.6 Å². The van der Waals surface area contributed by atoms with Gasteiger partial charge in [0.2, 0.25) is 0 Å². The van der Waals surface area contributed by atoms with Gasteiger partial charge in [-0.1, -0.05) is 30.3 Å². The Balaban J connectivity index is 1.71. The van der Waals surface area contributed by atoms with Crippen LogP contribution in [0.1, 0.15) is 35.2 Å². The van der Waals surface area contributed by atoms with E-state index in [9.17, 15) is 14.4 Å². The van der Waals surface area contributed by atoms with Gasteiger partial charge in [-0.15, -0.1) is 0 Å². The van der Waals surface area contributed by atoms with Crippen molar-refractivity contribution in [1.29, 1.82) is 0 Å². The number of hydrogen-bond donors (Lipinski definition) is 3. The van der Waals surface area contributed by atoms with Crippen LogP contribution in [-0.4, -0.2) is 44.7 Å². The topological polar surface area (TPSA) is 106 Å². The second-order valence-corrected chi connectivity index (χ2v) is 6.86. The molecule has 0 aromatic heterocycles. The number of carbonyl (C=O) groups excluding carboxylic acids is 3. The number of benzene rings is 2. The van der Waals surface area contributed by atoms with Gasteiger partial charge in [0.15, 0.2) is 0 Å². The van der Waals surface area contributed by atoms with Gasteiger partial charge in [-0.25, -0.2) is 9.59 Å². The SMILES string of the molecule is CNc1ccc(C(=O)N[C@@H](CCCCNC(=O)OCc2ccccc2)C(=O)OC)cc1. The number of rotatable bonds is 11. The van der Waals surface area contributed by atoms with E-state index in [-0.39, 0.29) is 12.5 Å². The molecule has 2 aromatic carbocycles. The maximum atomic E-state index is 12.4. The molecule has 8 nitrogen and oxygen atoms in total. The number of alkyl carbamates (subject to hydrolysis) is 1. The average molecular weight is 428 g/mol. The van der Waals surface area contributed by atoms with Gasteiger partial charge in [-0.3, -0.25) is 4.79 Å². The Bertz CT molecular complexity index is 840. The summed E-state index contributed by atoms with van der Waals surface area (Å²) in [6, 6.07) is 15.6. The Hall–Kier alpha value is -3.55. The molecule has 2 amide bonds. The first-order chi connectivity index (χ1) is 15.0. The second-order valence-electron chi connectivity index (χ2n) is 6.86. The van der Waals surface area contributed by atoms with E-state index in [1.165, 1.54) is 7.11 Å². The lowest BCUT2D eigenvalue weighted by Crippen LogP contribution is -2.41. The lowest BCUT2D eigenvalue weighted by atomic mass is 10.1. The summed E-state index contributed by atoms with van der Waals surface area (Å²) in [4.78, 5) is 36.2. The molecule has 8 heteroatoms. The molecule has 1 atom stereocenters. The van der Waals surface area contributed by atoms with E-state index in [4.69, 9.17) is 9.47 Å². The Kier molecular flexibility index (Phi) is 9.87. The number of esters is 1. The minimum atomic E-state index is -0.758. The Morgan fingerprint density at radius 3 is 2.32 bits per heavy atom. The standard InChI is InChI=1S/C23H29N3O5/c1-24-19-13-11-18(12-14-19)21(27)26-20(22(28)30-2)10-6-7-15-25-23(29)31-16-17-8-4-3-5-9-17/h3-5,8-9,11-14,20,24H,6-7,10,15-16H2,1-2H3,(H,25,29)(H,26,27)/t20-/m0/s1. The fourth-order valence-corrected chi connectivity index (χ4v) is 2.86. The number of carbonyl (C=O) groups is 3. The summed E-state index contributed by atoms with van der Waals surface area (Å²) in [7, 11) is 3.08. The largest absolute Gasteiger partial charge is 0.467 e. The van der Waals surface area contributed by atoms with Crippen LogP contribution in [0.15, 0.2) is 54.6 Å². The molecule has 2 rings (SSSR count). The van der Waals surface area contributed by atoms with Crippen LogP contribution < -0.4 is 16.0 Å². The molecule has 0 radical (unpaired) electrons. The monoisotopic (exact) mass is 427 g/mol. The van der Waals surface area contributed by atoms with Crippen molar-refractivity contribution in [3.05, 3.63) is 65.7 Å². The molecule has 0 aliphatic carbocycles. The van der Waals surface area contributed by atoms with Crippen molar-refractivity contribution in [2.24, 2.45) is 0 Å². The fourth-order valence-electron chi connectivity index (χ4n) is 2.86. The maximum Gasteiger partial charge on any atom is 0.407 e. The molecule has 31 heavy (non-hydrogen) atoms. The van der Waals surface area contributed by atoms with Crippen LogP contribution in [-0.2, 0) is 20.9 Å². The highest BCUT2D eigenvalue weighted by Crippen LogP contribution is 2.10. The second kappa shape index (κ2) is 12.9. The summed E-state index contributed by atoms with van der Waals surface area (Å²) in [5.74, 6) is -0.851. The summed E-state index contributed by atoms with van der Waals surface area (Å²) in [6.45, 7) is 0.610. The Labute approximate surface area is 182 Å². The molecule has 0 heterocycles. The molecular formula is C23H29N3O5.